The lowest BCUT2D eigenvalue weighted by molar-refractivity contribution is 0.0819. The van der Waals surface area contributed by atoms with Crippen molar-refractivity contribution in [3.8, 4) is 17.2 Å². The highest BCUT2D eigenvalue weighted by molar-refractivity contribution is 5.94. The van der Waals surface area contributed by atoms with Crippen LogP contribution in [-0.2, 0) is 4.74 Å². The maximum atomic E-state index is 12.5. The normalized spacial score (nSPS) is 11.5. The predicted molar refractivity (Wildman–Crippen MR) is 108 cm³/mol. The summed E-state index contributed by atoms with van der Waals surface area (Å²) in [6.45, 7) is 0.331. The Balaban J connectivity index is 1.61. The maximum Gasteiger partial charge on any atom is 0.251 e. The summed E-state index contributed by atoms with van der Waals surface area (Å²) in [7, 11) is 3.22. The molecule has 0 aromatic heterocycles. The van der Waals surface area contributed by atoms with Crippen LogP contribution in [0, 0.1) is 0 Å². The molecule has 0 aliphatic rings. The van der Waals surface area contributed by atoms with E-state index in [9.17, 15) is 4.79 Å². The Bertz CT molecular complexity index is 894. The van der Waals surface area contributed by atoms with Gasteiger partial charge < -0.3 is 19.5 Å². The molecule has 5 nitrogen and oxygen atoms in total. The molecule has 3 aromatic rings. The fraction of sp³-hybridized carbons (Fsp3) is 0.174. The first kappa shape index (κ1) is 19.5. The highest BCUT2D eigenvalue weighted by atomic mass is 16.5. The van der Waals surface area contributed by atoms with E-state index < -0.39 is 0 Å². The first-order valence-electron chi connectivity index (χ1n) is 8.98. The molecule has 0 fully saturated rings. The molecule has 1 atom stereocenters. The zero-order valence-electron chi connectivity index (χ0n) is 15.9. The number of hydrogen-bond acceptors (Lipinski definition) is 4. The number of ether oxygens (including phenoxy) is 3. The SMILES string of the molecule is COc1ccccc1C(CNC(=O)c1ccc(Oc2ccccc2)cc1)OC. The lowest BCUT2D eigenvalue weighted by atomic mass is 10.1. The Labute approximate surface area is 164 Å². The summed E-state index contributed by atoms with van der Waals surface area (Å²) in [6.07, 6.45) is -0.305. The molecule has 5 heteroatoms. The zero-order valence-corrected chi connectivity index (χ0v) is 15.9. The van der Waals surface area contributed by atoms with Crippen molar-refractivity contribution >= 4 is 5.91 Å². The summed E-state index contributed by atoms with van der Waals surface area (Å²) in [5, 5.41) is 2.91. The number of methoxy groups -OCH3 is 2. The van der Waals surface area contributed by atoms with Crippen LogP contribution in [0.3, 0.4) is 0 Å². The van der Waals surface area contributed by atoms with Gasteiger partial charge in [-0.1, -0.05) is 36.4 Å². The Morgan fingerprint density at radius 2 is 1.50 bits per heavy atom. The molecule has 0 heterocycles. The lowest BCUT2D eigenvalue weighted by Gasteiger charge is -2.19. The number of para-hydroxylation sites is 2. The van der Waals surface area contributed by atoms with Crippen LogP contribution in [0.2, 0.25) is 0 Å². The van der Waals surface area contributed by atoms with Gasteiger partial charge >= 0.3 is 0 Å². The molecule has 0 radical (unpaired) electrons. The Hall–Kier alpha value is -3.31. The Morgan fingerprint density at radius 1 is 0.857 bits per heavy atom. The van der Waals surface area contributed by atoms with E-state index in [-0.39, 0.29) is 12.0 Å². The van der Waals surface area contributed by atoms with Gasteiger partial charge in [-0.05, 0) is 42.5 Å². The summed E-state index contributed by atoms with van der Waals surface area (Å²) in [6, 6.07) is 24.1. The van der Waals surface area contributed by atoms with Crippen molar-refractivity contribution in [2.24, 2.45) is 0 Å². The smallest absolute Gasteiger partial charge is 0.251 e. The van der Waals surface area contributed by atoms with Gasteiger partial charge in [0.1, 0.15) is 23.4 Å². The molecule has 1 N–H and O–H groups in total. The van der Waals surface area contributed by atoms with Crippen molar-refractivity contribution in [3.63, 3.8) is 0 Å². The molecule has 3 aromatic carbocycles. The molecule has 0 aliphatic heterocycles. The van der Waals surface area contributed by atoms with E-state index in [0.717, 1.165) is 17.1 Å². The minimum atomic E-state index is -0.305. The van der Waals surface area contributed by atoms with E-state index in [4.69, 9.17) is 14.2 Å². The highest BCUT2D eigenvalue weighted by Gasteiger charge is 2.16. The molecule has 0 saturated carbocycles. The monoisotopic (exact) mass is 377 g/mol. The van der Waals surface area contributed by atoms with Gasteiger partial charge in [0, 0.05) is 24.8 Å². The van der Waals surface area contributed by atoms with Crippen LogP contribution in [0.25, 0.3) is 0 Å². The number of carbonyl (C=O) groups excluding carboxylic acids is 1. The maximum absolute atomic E-state index is 12.5. The summed E-state index contributed by atoms with van der Waals surface area (Å²) in [5.41, 5.74) is 1.44. The molecule has 1 amide bonds. The third-order valence-electron chi connectivity index (χ3n) is 4.31. The number of benzene rings is 3. The van der Waals surface area contributed by atoms with Crippen LogP contribution in [0.1, 0.15) is 22.0 Å². The van der Waals surface area contributed by atoms with Crippen molar-refractivity contribution in [3.05, 3.63) is 90.0 Å². The number of amides is 1. The van der Waals surface area contributed by atoms with Gasteiger partial charge in [0.05, 0.1) is 7.11 Å². The summed E-state index contributed by atoms with van der Waals surface area (Å²) < 4.78 is 16.7. The van der Waals surface area contributed by atoms with Crippen LogP contribution < -0.4 is 14.8 Å². The molecule has 1 unspecified atom stereocenters. The molecule has 144 valence electrons. The van der Waals surface area contributed by atoms with E-state index in [1.807, 2.05) is 54.6 Å². The van der Waals surface area contributed by atoms with E-state index in [1.54, 1.807) is 38.5 Å². The third kappa shape index (κ3) is 4.90. The van der Waals surface area contributed by atoms with Gasteiger partial charge in [0.2, 0.25) is 0 Å². The van der Waals surface area contributed by atoms with Crippen LogP contribution in [0.4, 0.5) is 0 Å². The molecular weight excluding hydrogens is 354 g/mol. The van der Waals surface area contributed by atoms with E-state index in [2.05, 4.69) is 5.32 Å². The van der Waals surface area contributed by atoms with Crippen LogP contribution in [-0.4, -0.2) is 26.7 Å². The Kier molecular flexibility index (Phi) is 6.65. The molecule has 0 bridgehead atoms. The van der Waals surface area contributed by atoms with E-state index in [0.29, 0.717) is 17.9 Å². The number of carbonyl (C=O) groups is 1. The number of rotatable bonds is 8. The highest BCUT2D eigenvalue weighted by Crippen LogP contribution is 2.26. The van der Waals surface area contributed by atoms with E-state index in [1.165, 1.54) is 0 Å². The molecule has 0 spiro atoms. The molecular formula is C23H23NO4. The van der Waals surface area contributed by atoms with Gasteiger partial charge in [-0.3, -0.25) is 4.79 Å². The summed E-state index contributed by atoms with van der Waals surface area (Å²) in [5.74, 6) is 1.97. The first-order valence-corrected chi connectivity index (χ1v) is 8.98. The molecule has 28 heavy (non-hydrogen) atoms. The van der Waals surface area contributed by atoms with Gasteiger partial charge in [0.15, 0.2) is 0 Å². The van der Waals surface area contributed by atoms with Crippen molar-refractivity contribution < 1.29 is 19.0 Å². The quantitative estimate of drug-likeness (QED) is 0.623. The van der Waals surface area contributed by atoms with E-state index >= 15 is 0 Å². The average molecular weight is 377 g/mol. The number of hydrogen-bond donors (Lipinski definition) is 1. The lowest BCUT2D eigenvalue weighted by Crippen LogP contribution is -2.29. The van der Waals surface area contributed by atoms with Crippen molar-refractivity contribution in [1.29, 1.82) is 0 Å². The standard InChI is InChI=1S/C23H23NO4/c1-26-21-11-7-6-10-20(21)22(27-2)16-24-23(25)17-12-14-19(15-13-17)28-18-8-4-3-5-9-18/h3-15,22H,16H2,1-2H3,(H,24,25). The van der Waals surface area contributed by atoms with Gasteiger partial charge in [-0.15, -0.1) is 0 Å². The van der Waals surface area contributed by atoms with Crippen LogP contribution in [0.5, 0.6) is 17.2 Å². The van der Waals surface area contributed by atoms with Gasteiger partial charge in [0.25, 0.3) is 5.91 Å². The van der Waals surface area contributed by atoms with Crippen molar-refractivity contribution in [1.82, 2.24) is 5.32 Å². The average Bonchev–Trinajstić information content (AvgIpc) is 2.75. The van der Waals surface area contributed by atoms with Crippen molar-refractivity contribution in [2.45, 2.75) is 6.10 Å². The zero-order chi connectivity index (χ0) is 19.8. The Morgan fingerprint density at radius 3 is 2.18 bits per heavy atom. The molecule has 3 rings (SSSR count). The minimum Gasteiger partial charge on any atom is -0.496 e. The second-order valence-electron chi connectivity index (χ2n) is 6.12. The number of nitrogens with one attached hydrogen (secondary N) is 1. The fourth-order valence-corrected chi connectivity index (χ4v) is 2.84. The van der Waals surface area contributed by atoms with Crippen LogP contribution in [0.15, 0.2) is 78.9 Å². The molecule has 0 aliphatic carbocycles. The molecule has 0 saturated heterocycles. The largest absolute Gasteiger partial charge is 0.496 e. The second kappa shape index (κ2) is 9.58. The van der Waals surface area contributed by atoms with Gasteiger partial charge in [-0.2, -0.15) is 0 Å². The minimum absolute atomic E-state index is 0.178. The summed E-state index contributed by atoms with van der Waals surface area (Å²) >= 11 is 0. The third-order valence-corrected chi connectivity index (χ3v) is 4.31. The predicted octanol–water partition coefficient (Wildman–Crippen LogP) is 4.61. The van der Waals surface area contributed by atoms with Gasteiger partial charge in [-0.25, -0.2) is 0 Å². The topological polar surface area (TPSA) is 56.8 Å². The first-order chi connectivity index (χ1) is 13.7. The van der Waals surface area contributed by atoms with Crippen molar-refractivity contribution in [2.75, 3.05) is 20.8 Å². The van der Waals surface area contributed by atoms with Crippen LogP contribution >= 0.6 is 0 Å². The fourth-order valence-electron chi connectivity index (χ4n) is 2.84. The summed E-state index contributed by atoms with van der Waals surface area (Å²) in [4.78, 5) is 12.5. The second-order valence-corrected chi connectivity index (χ2v) is 6.12.